The molecule has 1 aromatic rings. The topological polar surface area (TPSA) is 29.1 Å². The maximum atomic E-state index is 13.6. The smallest absolute Gasteiger partial charge is 0.254 e. The number of carbonyl (C=O) groups is 1. The van der Waals surface area contributed by atoms with Gasteiger partial charge in [-0.3, -0.25) is 4.79 Å². The van der Waals surface area contributed by atoms with Crippen molar-refractivity contribution in [2.45, 2.75) is 31.7 Å². The average Bonchev–Trinajstić information content (AvgIpc) is 2.94. The fourth-order valence-corrected chi connectivity index (χ4v) is 3.70. The third kappa shape index (κ3) is 2.18. The van der Waals surface area contributed by atoms with Gasteiger partial charge in [-0.25, -0.2) is 4.39 Å². The second-order valence-electron chi connectivity index (χ2n) is 5.38. The molecular formula is C14H15BrFNO. The van der Waals surface area contributed by atoms with Crippen molar-refractivity contribution in [3.05, 3.63) is 34.1 Å². The summed E-state index contributed by atoms with van der Waals surface area (Å²) in [5, 5.41) is 2.99. The van der Waals surface area contributed by atoms with Gasteiger partial charge in [0, 0.05) is 10.5 Å². The summed E-state index contributed by atoms with van der Waals surface area (Å²) in [4.78, 5) is 12.1. The van der Waals surface area contributed by atoms with Gasteiger partial charge in [-0.1, -0.05) is 22.4 Å². The van der Waals surface area contributed by atoms with E-state index in [1.54, 1.807) is 6.07 Å². The predicted octanol–water partition coefficient (Wildman–Crippen LogP) is 3.51. The first-order valence-electron chi connectivity index (χ1n) is 6.39. The first kappa shape index (κ1) is 12.2. The molecule has 1 aromatic carbocycles. The summed E-state index contributed by atoms with van der Waals surface area (Å²) in [6.07, 6.45) is 4.79. The summed E-state index contributed by atoms with van der Waals surface area (Å²) in [5.74, 6) is 0.632. The van der Waals surface area contributed by atoms with Crippen molar-refractivity contribution in [2.75, 3.05) is 0 Å². The van der Waals surface area contributed by atoms with E-state index in [1.807, 2.05) is 0 Å². The zero-order valence-electron chi connectivity index (χ0n) is 9.96. The van der Waals surface area contributed by atoms with Crippen LogP contribution in [0.3, 0.4) is 0 Å². The Morgan fingerprint density at radius 3 is 2.83 bits per heavy atom. The van der Waals surface area contributed by atoms with Gasteiger partial charge in [0.2, 0.25) is 0 Å². The van der Waals surface area contributed by atoms with Crippen molar-refractivity contribution in [3.63, 3.8) is 0 Å². The maximum absolute atomic E-state index is 13.6. The monoisotopic (exact) mass is 311 g/mol. The van der Waals surface area contributed by atoms with Gasteiger partial charge in [0.05, 0.1) is 5.56 Å². The van der Waals surface area contributed by atoms with Crippen molar-refractivity contribution in [2.24, 2.45) is 11.8 Å². The van der Waals surface area contributed by atoms with Crippen LogP contribution in [-0.2, 0) is 0 Å². The molecule has 1 amide bonds. The molecule has 0 radical (unpaired) electrons. The van der Waals surface area contributed by atoms with Crippen molar-refractivity contribution < 1.29 is 9.18 Å². The second kappa shape index (κ2) is 4.65. The maximum Gasteiger partial charge on any atom is 0.254 e. The van der Waals surface area contributed by atoms with Gasteiger partial charge in [-0.2, -0.15) is 0 Å². The van der Waals surface area contributed by atoms with Gasteiger partial charge in [-0.15, -0.1) is 0 Å². The molecule has 0 aliphatic heterocycles. The minimum atomic E-state index is -0.459. The number of halogens is 2. The van der Waals surface area contributed by atoms with Crippen LogP contribution in [-0.4, -0.2) is 11.9 Å². The Balaban J connectivity index is 1.73. The van der Waals surface area contributed by atoms with E-state index in [0.29, 0.717) is 5.92 Å². The Kier molecular flexibility index (Phi) is 3.14. The second-order valence-corrected chi connectivity index (χ2v) is 6.29. The SMILES string of the molecule is O=C(NC1CC2CCC1C2)c1cc(Br)ccc1F. The van der Waals surface area contributed by atoms with Gasteiger partial charge >= 0.3 is 0 Å². The summed E-state index contributed by atoms with van der Waals surface area (Å²) >= 11 is 3.26. The number of carbonyl (C=O) groups excluding carboxylic acids is 1. The van der Waals surface area contributed by atoms with E-state index >= 15 is 0 Å². The Morgan fingerprint density at radius 1 is 1.33 bits per heavy atom. The average molecular weight is 312 g/mol. The minimum Gasteiger partial charge on any atom is -0.349 e. The van der Waals surface area contributed by atoms with E-state index in [-0.39, 0.29) is 17.5 Å². The van der Waals surface area contributed by atoms with Crippen molar-refractivity contribution >= 4 is 21.8 Å². The third-order valence-electron chi connectivity index (χ3n) is 4.23. The van der Waals surface area contributed by atoms with E-state index in [2.05, 4.69) is 21.2 Å². The van der Waals surface area contributed by atoms with Crippen LogP contribution >= 0.6 is 15.9 Å². The summed E-state index contributed by atoms with van der Waals surface area (Å²) < 4.78 is 14.3. The molecule has 3 atom stereocenters. The summed E-state index contributed by atoms with van der Waals surface area (Å²) in [7, 11) is 0. The van der Waals surface area contributed by atoms with Crippen LogP contribution in [0.1, 0.15) is 36.0 Å². The molecule has 0 heterocycles. The summed E-state index contributed by atoms with van der Waals surface area (Å²) in [6.45, 7) is 0. The van der Waals surface area contributed by atoms with Crippen LogP contribution in [0.4, 0.5) is 4.39 Å². The van der Waals surface area contributed by atoms with E-state index < -0.39 is 5.82 Å². The first-order valence-corrected chi connectivity index (χ1v) is 7.18. The lowest BCUT2D eigenvalue weighted by Gasteiger charge is -2.23. The molecule has 3 unspecified atom stereocenters. The van der Waals surface area contributed by atoms with Crippen LogP contribution in [0.25, 0.3) is 0 Å². The van der Waals surface area contributed by atoms with Crippen LogP contribution in [0, 0.1) is 17.7 Å². The summed E-state index contributed by atoms with van der Waals surface area (Å²) in [6, 6.07) is 4.70. The van der Waals surface area contributed by atoms with Gasteiger partial charge in [-0.05, 0) is 49.3 Å². The Labute approximate surface area is 114 Å². The van der Waals surface area contributed by atoms with Gasteiger partial charge in [0.1, 0.15) is 5.82 Å². The molecule has 0 aromatic heterocycles. The van der Waals surface area contributed by atoms with Crippen LogP contribution in [0.5, 0.6) is 0 Å². The quantitative estimate of drug-likeness (QED) is 0.889. The van der Waals surface area contributed by atoms with E-state index in [1.165, 1.54) is 31.4 Å². The predicted molar refractivity (Wildman–Crippen MR) is 70.8 cm³/mol. The van der Waals surface area contributed by atoms with Crippen LogP contribution < -0.4 is 5.32 Å². The Hall–Kier alpha value is -0.900. The van der Waals surface area contributed by atoms with E-state index in [4.69, 9.17) is 0 Å². The highest BCUT2D eigenvalue weighted by molar-refractivity contribution is 9.10. The molecule has 2 saturated carbocycles. The van der Waals surface area contributed by atoms with Crippen molar-refractivity contribution in [3.8, 4) is 0 Å². The minimum absolute atomic E-state index is 0.132. The highest BCUT2D eigenvalue weighted by atomic mass is 79.9. The lowest BCUT2D eigenvalue weighted by atomic mass is 9.95. The van der Waals surface area contributed by atoms with Crippen LogP contribution in [0.15, 0.2) is 22.7 Å². The highest BCUT2D eigenvalue weighted by Gasteiger charge is 2.40. The number of benzene rings is 1. The lowest BCUT2D eigenvalue weighted by molar-refractivity contribution is 0.0919. The number of amides is 1. The van der Waals surface area contributed by atoms with E-state index in [0.717, 1.165) is 16.8 Å². The van der Waals surface area contributed by atoms with Crippen molar-refractivity contribution in [1.29, 1.82) is 0 Å². The molecule has 2 bridgehead atoms. The number of nitrogens with one attached hydrogen (secondary N) is 1. The molecule has 1 N–H and O–H groups in total. The fraction of sp³-hybridized carbons (Fsp3) is 0.500. The molecule has 3 rings (SSSR count). The molecule has 2 nitrogen and oxygen atoms in total. The standard InChI is InChI=1S/C14H15BrFNO/c15-10-3-4-12(16)11(7-10)14(18)17-13-6-8-1-2-9(13)5-8/h3-4,7-9,13H,1-2,5-6H2,(H,17,18). The molecule has 2 aliphatic rings. The first-order chi connectivity index (χ1) is 8.63. The lowest BCUT2D eigenvalue weighted by Crippen LogP contribution is -2.38. The van der Waals surface area contributed by atoms with Crippen LogP contribution in [0.2, 0.25) is 0 Å². The fourth-order valence-electron chi connectivity index (χ4n) is 3.34. The molecular weight excluding hydrogens is 297 g/mol. The molecule has 2 fully saturated rings. The highest BCUT2D eigenvalue weighted by Crippen LogP contribution is 2.44. The largest absolute Gasteiger partial charge is 0.349 e. The number of hydrogen-bond donors (Lipinski definition) is 1. The molecule has 0 spiro atoms. The van der Waals surface area contributed by atoms with Crippen molar-refractivity contribution in [1.82, 2.24) is 5.32 Å². The third-order valence-corrected chi connectivity index (χ3v) is 4.72. The molecule has 0 saturated heterocycles. The van der Waals surface area contributed by atoms with Gasteiger partial charge < -0.3 is 5.32 Å². The number of fused-ring (bicyclic) bond motifs is 2. The normalized spacial score (nSPS) is 29.6. The Morgan fingerprint density at radius 2 is 2.17 bits per heavy atom. The summed E-state index contributed by atoms with van der Waals surface area (Å²) in [5.41, 5.74) is 0.132. The zero-order valence-corrected chi connectivity index (χ0v) is 11.5. The van der Waals surface area contributed by atoms with E-state index in [9.17, 15) is 9.18 Å². The molecule has 2 aliphatic carbocycles. The van der Waals surface area contributed by atoms with Gasteiger partial charge in [0.25, 0.3) is 5.91 Å². The number of hydrogen-bond acceptors (Lipinski definition) is 1. The Bertz CT molecular complexity index is 491. The molecule has 18 heavy (non-hydrogen) atoms. The van der Waals surface area contributed by atoms with Gasteiger partial charge in [0.15, 0.2) is 0 Å². The molecule has 96 valence electrons. The molecule has 4 heteroatoms. The zero-order chi connectivity index (χ0) is 12.7. The number of rotatable bonds is 2.